The fraction of sp³-hybridized carbons (Fsp3) is 0.385. The number of nitrogens with one attached hydrogen (secondary N) is 2. The van der Waals surface area contributed by atoms with Crippen molar-refractivity contribution in [2.24, 2.45) is 0 Å². The average molecular weight is 388 g/mol. The number of halogens is 4. The number of amides is 2. The Kier molecular flexibility index (Phi) is 8.10. The van der Waals surface area contributed by atoms with Gasteiger partial charge < -0.3 is 15.4 Å². The lowest BCUT2D eigenvalue weighted by Crippen LogP contribution is -2.44. The molecule has 0 saturated heterocycles. The molecule has 0 radical (unpaired) electrons. The van der Waals surface area contributed by atoms with Crippen molar-refractivity contribution in [3.63, 3.8) is 0 Å². The first-order valence-corrected chi connectivity index (χ1v) is 7.99. The molecule has 2 N–H and O–H groups in total. The summed E-state index contributed by atoms with van der Waals surface area (Å²) in [5.41, 5.74) is 0.551. The molecule has 0 saturated carbocycles. The van der Waals surface area contributed by atoms with Crippen LogP contribution in [-0.4, -0.2) is 28.1 Å². The van der Waals surface area contributed by atoms with E-state index in [0.717, 1.165) is 0 Å². The highest BCUT2D eigenvalue weighted by molar-refractivity contribution is 6.54. The van der Waals surface area contributed by atoms with Gasteiger partial charge in [0.1, 0.15) is 11.9 Å². The minimum atomic E-state index is -1.28. The molecule has 0 aliphatic rings. The Bertz CT molecular complexity index is 504. The van der Waals surface area contributed by atoms with Crippen molar-refractivity contribution in [3.8, 4) is 5.75 Å². The zero-order valence-electron chi connectivity index (χ0n) is 11.5. The van der Waals surface area contributed by atoms with E-state index in [-0.39, 0.29) is 0 Å². The van der Waals surface area contributed by atoms with Crippen molar-refractivity contribution in [3.05, 3.63) is 29.8 Å². The quantitative estimate of drug-likeness (QED) is 0.558. The third kappa shape index (κ3) is 6.08. The lowest BCUT2D eigenvalue weighted by molar-refractivity contribution is -0.122. The second-order valence-corrected chi connectivity index (χ2v) is 6.25. The topological polar surface area (TPSA) is 67.4 Å². The van der Waals surface area contributed by atoms with Crippen molar-refractivity contribution >= 4 is 58.2 Å². The van der Waals surface area contributed by atoms with Gasteiger partial charge in [0.2, 0.25) is 0 Å². The van der Waals surface area contributed by atoms with E-state index >= 15 is 0 Å². The van der Waals surface area contributed by atoms with Crippen LogP contribution in [0.2, 0.25) is 0 Å². The minimum Gasteiger partial charge on any atom is -0.494 e. The first kappa shape index (κ1) is 19.2. The van der Waals surface area contributed by atoms with E-state index in [1.54, 1.807) is 24.3 Å². The largest absolute Gasteiger partial charge is 0.494 e. The molecule has 0 atom stereocenters. The van der Waals surface area contributed by atoms with E-state index in [1.807, 2.05) is 6.92 Å². The summed E-state index contributed by atoms with van der Waals surface area (Å²) in [6, 6.07) is 6.79. The number of hydrogen-bond donors (Lipinski definition) is 2. The van der Waals surface area contributed by atoms with Gasteiger partial charge in [0.25, 0.3) is 11.8 Å². The van der Waals surface area contributed by atoms with Crippen molar-refractivity contribution in [2.45, 2.75) is 22.8 Å². The summed E-state index contributed by atoms with van der Waals surface area (Å²) in [6.45, 7) is 2.31. The Morgan fingerprint density at radius 1 is 1.09 bits per heavy atom. The lowest BCUT2D eigenvalue weighted by Gasteiger charge is -2.22. The molecule has 9 heteroatoms. The summed E-state index contributed by atoms with van der Waals surface area (Å²) in [7, 11) is 0. The standard InChI is InChI=1S/C13H14Cl4N2O3/c1-2-22-8-5-3-4-7(6-8)11(18-12(20)9(14)15)19-13(21)10(16)17/h3-6,9-11H,2H2,1H3,(H,18,20)(H,19,21). The molecule has 0 aromatic heterocycles. The van der Waals surface area contributed by atoms with Crippen LogP contribution >= 0.6 is 46.4 Å². The number of benzene rings is 1. The Hall–Kier alpha value is -0.880. The van der Waals surface area contributed by atoms with Crippen LogP contribution in [0, 0.1) is 0 Å². The molecule has 122 valence electrons. The van der Waals surface area contributed by atoms with Crippen molar-refractivity contribution in [1.82, 2.24) is 10.6 Å². The molecule has 5 nitrogen and oxygen atoms in total. The molecule has 0 spiro atoms. The number of carbonyl (C=O) groups is 2. The van der Waals surface area contributed by atoms with Crippen LogP contribution < -0.4 is 15.4 Å². The van der Waals surface area contributed by atoms with Gasteiger partial charge in [0, 0.05) is 0 Å². The van der Waals surface area contributed by atoms with Crippen LogP contribution in [0.15, 0.2) is 24.3 Å². The molecular weight excluding hydrogens is 374 g/mol. The van der Waals surface area contributed by atoms with Crippen molar-refractivity contribution < 1.29 is 14.3 Å². The van der Waals surface area contributed by atoms with E-state index in [9.17, 15) is 9.59 Å². The second-order valence-electron chi connectivity index (χ2n) is 4.06. The molecule has 1 rings (SSSR count). The summed E-state index contributed by atoms with van der Waals surface area (Å²) < 4.78 is 5.37. The predicted molar refractivity (Wildman–Crippen MR) is 87.6 cm³/mol. The van der Waals surface area contributed by atoms with Gasteiger partial charge in [0.05, 0.1) is 6.61 Å². The Labute approximate surface area is 148 Å². The summed E-state index contributed by atoms with van der Waals surface area (Å²) in [5.74, 6) is -0.762. The second kappa shape index (κ2) is 9.30. The highest BCUT2D eigenvalue weighted by Gasteiger charge is 2.23. The first-order valence-electron chi connectivity index (χ1n) is 6.25. The maximum atomic E-state index is 11.7. The maximum absolute atomic E-state index is 11.7. The molecule has 0 aliphatic heterocycles. The summed E-state index contributed by atoms with van der Waals surface area (Å²) in [5, 5.41) is 4.96. The highest BCUT2D eigenvalue weighted by atomic mass is 35.5. The summed E-state index contributed by atoms with van der Waals surface area (Å²) in [6.07, 6.45) is -0.902. The Morgan fingerprint density at radius 3 is 2.09 bits per heavy atom. The monoisotopic (exact) mass is 386 g/mol. The SMILES string of the molecule is CCOc1cccc(C(NC(=O)C(Cl)Cl)NC(=O)C(Cl)Cl)c1. The third-order valence-corrected chi connectivity index (χ3v) is 3.26. The van der Waals surface area contributed by atoms with Gasteiger partial charge in [0.15, 0.2) is 9.67 Å². The number of ether oxygens (including phenoxy) is 1. The number of carbonyl (C=O) groups excluding carboxylic acids is 2. The number of alkyl halides is 4. The van der Waals surface area contributed by atoms with E-state index in [1.165, 1.54) is 0 Å². The average Bonchev–Trinajstić information content (AvgIpc) is 2.46. The van der Waals surface area contributed by atoms with E-state index in [2.05, 4.69) is 10.6 Å². The third-order valence-electron chi connectivity index (χ3n) is 2.47. The molecule has 0 unspecified atom stereocenters. The fourth-order valence-corrected chi connectivity index (χ4v) is 1.82. The normalized spacial score (nSPS) is 10.9. The van der Waals surface area contributed by atoms with Crippen LogP contribution in [-0.2, 0) is 9.59 Å². The summed E-state index contributed by atoms with van der Waals surface area (Å²) >= 11 is 22.0. The van der Waals surface area contributed by atoms with E-state index in [4.69, 9.17) is 51.1 Å². The maximum Gasteiger partial charge on any atom is 0.255 e. The first-order chi connectivity index (χ1) is 10.3. The Balaban J connectivity index is 2.99. The van der Waals surface area contributed by atoms with Crippen molar-refractivity contribution in [2.75, 3.05) is 6.61 Å². The van der Waals surface area contributed by atoms with Gasteiger partial charge in [-0.25, -0.2) is 0 Å². The highest BCUT2D eigenvalue weighted by Crippen LogP contribution is 2.19. The van der Waals surface area contributed by atoms with Gasteiger partial charge in [-0.2, -0.15) is 0 Å². The van der Waals surface area contributed by atoms with E-state index < -0.39 is 27.7 Å². The molecule has 0 aliphatic carbocycles. The van der Waals surface area contributed by atoms with Crippen LogP contribution in [0.3, 0.4) is 0 Å². The number of rotatable bonds is 7. The number of hydrogen-bond acceptors (Lipinski definition) is 3. The van der Waals surface area contributed by atoms with Crippen molar-refractivity contribution in [1.29, 1.82) is 0 Å². The zero-order chi connectivity index (χ0) is 16.7. The van der Waals surface area contributed by atoms with Gasteiger partial charge in [-0.1, -0.05) is 58.5 Å². The lowest BCUT2D eigenvalue weighted by atomic mass is 10.1. The van der Waals surface area contributed by atoms with Crippen LogP contribution in [0.1, 0.15) is 18.7 Å². The van der Waals surface area contributed by atoms with E-state index in [0.29, 0.717) is 17.9 Å². The molecule has 0 bridgehead atoms. The molecule has 22 heavy (non-hydrogen) atoms. The van der Waals surface area contributed by atoms with Crippen LogP contribution in [0.4, 0.5) is 0 Å². The predicted octanol–water partition coefficient (Wildman–Crippen LogP) is 2.92. The van der Waals surface area contributed by atoms with Crippen LogP contribution in [0.5, 0.6) is 5.75 Å². The molecule has 2 amide bonds. The van der Waals surface area contributed by atoms with Gasteiger partial charge >= 0.3 is 0 Å². The van der Waals surface area contributed by atoms with Crippen LogP contribution in [0.25, 0.3) is 0 Å². The molecule has 0 fully saturated rings. The van der Waals surface area contributed by atoms with Gasteiger partial charge in [-0.05, 0) is 24.6 Å². The smallest absolute Gasteiger partial charge is 0.255 e. The zero-order valence-corrected chi connectivity index (χ0v) is 14.5. The molecule has 1 aromatic carbocycles. The van der Waals surface area contributed by atoms with Gasteiger partial charge in [-0.3, -0.25) is 9.59 Å². The fourth-order valence-electron chi connectivity index (χ4n) is 1.56. The molecular formula is C13H14Cl4N2O3. The summed E-state index contributed by atoms with van der Waals surface area (Å²) in [4.78, 5) is 20.8. The molecule has 1 aromatic rings. The Morgan fingerprint density at radius 2 is 1.64 bits per heavy atom. The molecule has 0 heterocycles. The van der Waals surface area contributed by atoms with Gasteiger partial charge in [-0.15, -0.1) is 0 Å². The minimum absolute atomic E-state index is 0.476.